The normalized spacial score (nSPS) is 18.2. The summed E-state index contributed by atoms with van der Waals surface area (Å²) >= 11 is 1.90. The van der Waals surface area contributed by atoms with Gasteiger partial charge in [-0.15, -0.1) is 0 Å². The number of carbonyl (C=O) groups is 4. The number of carbonyl (C=O) groups excluding carboxylic acids is 4. The molecule has 0 bridgehead atoms. The molecule has 14 nitrogen and oxygen atoms in total. The molecule has 0 aliphatic carbocycles. The molecule has 3 saturated heterocycles. The number of hydrogen-bond donors (Lipinski definition) is 2. The minimum absolute atomic E-state index is 0.0208. The monoisotopic (exact) mass is 892 g/mol. The highest BCUT2D eigenvalue weighted by molar-refractivity contribution is 7.97. The lowest BCUT2D eigenvalue weighted by molar-refractivity contribution is -0.112. The number of halogens is 3. The van der Waals surface area contributed by atoms with Crippen LogP contribution in [0.15, 0.2) is 35.5 Å². The van der Waals surface area contributed by atoms with Crippen LogP contribution in [0, 0.1) is 23.4 Å². The van der Waals surface area contributed by atoms with E-state index in [1.165, 1.54) is 12.1 Å². The van der Waals surface area contributed by atoms with Gasteiger partial charge in [0.2, 0.25) is 5.95 Å². The molecule has 2 N–H and O–H groups in total. The van der Waals surface area contributed by atoms with Crippen LogP contribution in [0.2, 0.25) is 0 Å². The fourth-order valence-corrected chi connectivity index (χ4v) is 10.2. The summed E-state index contributed by atoms with van der Waals surface area (Å²) in [7, 11) is 3.75. The number of piperidine rings is 2. The topological polar surface area (TPSA) is 147 Å². The second kappa shape index (κ2) is 21.6. The summed E-state index contributed by atoms with van der Waals surface area (Å²) in [6, 6.07) is 4.59. The van der Waals surface area contributed by atoms with Crippen LogP contribution in [-0.4, -0.2) is 145 Å². The van der Waals surface area contributed by atoms with Crippen molar-refractivity contribution in [2.75, 3.05) is 81.6 Å². The Labute approximate surface area is 372 Å². The third-order valence-electron chi connectivity index (χ3n) is 12.0. The Kier molecular flexibility index (Phi) is 16.3. The molecular weight excluding hydrogens is 834 g/mol. The molecule has 1 aromatic heterocycles. The Balaban J connectivity index is 0.00000214. The van der Waals surface area contributed by atoms with E-state index >= 15 is 13.2 Å². The lowest BCUT2D eigenvalue weighted by Gasteiger charge is -2.44. The summed E-state index contributed by atoms with van der Waals surface area (Å²) in [6.07, 6.45) is 5.76. The smallest absolute Gasteiger partial charge is 0.262 e. The Morgan fingerprint density at radius 2 is 1.62 bits per heavy atom. The lowest BCUT2D eigenvalue weighted by Crippen LogP contribution is -2.53. The molecule has 340 valence electrons. The van der Waals surface area contributed by atoms with Crippen LogP contribution in [0.3, 0.4) is 0 Å². The van der Waals surface area contributed by atoms with Crippen LogP contribution in [-0.2, 0) is 9.59 Å². The number of rotatable bonds is 17. The molecule has 1 unspecified atom stereocenters. The first kappa shape index (κ1) is 47.6. The molecule has 1 atom stereocenters. The zero-order chi connectivity index (χ0) is 45.4. The Morgan fingerprint density at radius 1 is 0.952 bits per heavy atom. The van der Waals surface area contributed by atoms with Gasteiger partial charge in [-0.1, -0.05) is 11.9 Å². The zero-order valence-electron chi connectivity index (χ0n) is 36.8. The van der Waals surface area contributed by atoms with E-state index in [2.05, 4.69) is 41.5 Å². The fraction of sp³-hybridized carbons (Fsp3) is 0.533. The van der Waals surface area contributed by atoms with Gasteiger partial charge in [-0.2, -0.15) is 0 Å². The van der Waals surface area contributed by atoms with E-state index in [0.29, 0.717) is 60.6 Å². The van der Waals surface area contributed by atoms with Gasteiger partial charge in [-0.05, 0) is 104 Å². The number of aliphatic imine (C=N–C) groups is 1. The number of hydrogen-bond acceptors (Lipinski definition) is 14. The average Bonchev–Trinajstić information content (AvgIpc) is 3.49. The van der Waals surface area contributed by atoms with Crippen molar-refractivity contribution in [1.82, 2.24) is 29.4 Å². The van der Waals surface area contributed by atoms with Gasteiger partial charge in [0, 0.05) is 81.7 Å². The number of fused-ring (bicyclic) bond motifs is 1. The van der Waals surface area contributed by atoms with E-state index in [9.17, 15) is 19.2 Å². The molecule has 4 aliphatic heterocycles. The zero-order valence-corrected chi connectivity index (χ0v) is 37.6. The fourth-order valence-electron chi connectivity index (χ4n) is 8.82. The van der Waals surface area contributed by atoms with Crippen LogP contribution >= 0.6 is 11.9 Å². The van der Waals surface area contributed by atoms with E-state index in [1.54, 1.807) is 6.07 Å². The van der Waals surface area contributed by atoms with Crippen molar-refractivity contribution < 1.29 is 32.3 Å². The molecule has 4 aliphatic rings. The van der Waals surface area contributed by atoms with Crippen LogP contribution < -0.4 is 20.4 Å². The Morgan fingerprint density at radius 3 is 2.22 bits per heavy atom. The first-order valence-corrected chi connectivity index (χ1v) is 22.6. The number of anilines is 3. The SMILES string of the molecule is C=Nc1c(F)cc(-c2nc(NC3CCN(SC4CN(CC5CCN(c6cc7c(cc6F)C(=O)N(C(C=O)CCC=O)C7=O)CC5)C4)CC3)ncc2F)cc1N(CC)C(C)C.CNC. The van der Waals surface area contributed by atoms with Crippen LogP contribution in [0.4, 0.5) is 36.2 Å². The minimum atomic E-state index is -1.07. The molecule has 5 heterocycles. The van der Waals surface area contributed by atoms with E-state index < -0.39 is 35.3 Å². The van der Waals surface area contributed by atoms with Crippen molar-refractivity contribution in [3.05, 3.63) is 59.0 Å². The van der Waals surface area contributed by atoms with Gasteiger partial charge in [0.1, 0.15) is 29.8 Å². The molecule has 0 saturated carbocycles. The van der Waals surface area contributed by atoms with Gasteiger partial charge >= 0.3 is 0 Å². The first-order chi connectivity index (χ1) is 30.3. The summed E-state index contributed by atoms with van der Waals surface area (Å²) < 4.78 is 48.1. The summed E-state index contributed by atoms with van der Waals surface area (Å²) in [5.41, 5.74) is 1.29. The second-order valence-electron chi connectivity index (χ2n) is 16.8. The maximum Gasteiger partial charge on any atom is 0.262 e. The molecule has 63 heavy (non-hydrogen) atoms. The highest BCUT2D eigenvalue weighted by Gasteiger charge is 2.41. The number of amides is 2. The number of aldehydes is 2. The molecule has 2 aromatic carbocycles. The van der Waals surface area contributed by atoms with E-state index in [-0.39, 0.29) is 53.1 Å². The quantitative estimate of drug-likeness (QED) is 0.0684. The predicted octanol–water partition coefficient (Wildman–Crippen LogP) is 6.23. The van der Waals surface area contributed by atoms with Crippen LogP contribution in [0.5, 0.6) is 0 Å². The van der Waals surface area contributed by atoms with Crippen molar-refractivity contribution in [3.8, 4) is 11.3 Å². The summed E-state index contributed by atoms with van der Waals surface area (Å²) in [5.74, 6) is -2.40. The number of likely N-dealkylation sites (tertiary alicyclic amines) is 1. The predicted molar refractivity (Wildman–Crippen MR) is 243 cm³/mol. The number of nitrogens with one attached hydrogen (secondary N) is 2. The van der Waals surface area contributed by atoms with Crippen molar-refractivity contribution in [2.24, 2.45) is 10.9 Å². The molecule has 2 amide bonds. The van der Waals surface area contributed by atoms with Crippen molar-refractivity contribution in [3.63, 3.8) is 0 Å². The minimum Gasteiger partial charge on any atom is -0.369 e. The number of aromatic nitrogens is 2. The Bertz CT molecular complexity index is 2130. The number of imide groups is 1. The van der Waals surface area contributed by atoms with Crippen LogP contribution in [0.1, 0.15) is 80.0 Å². The largest absolute Gasteiger partial charge is 0.369 e. The van der Waals surface area contributed by atoms with Crippen molar-refractivity contribution in [1.29, 1.82) is 0 Å². The van der Waals surface area contributed by atoms with Gasteiger partial charge in [0.05, 0.1) is 34.7 Å². The molecular formula is C45H59F3N10O4S. The van der Waals surface area contributed by atoms with Gasteiger partial charge in [0.25, 0.3) is 11.8 Å². The molecule has 0 spiro atoms. The number of nitrogens with zero attached hydrogens (tertiary/aromatic N) is 8. The maximum absolute atomic E-state index is 15.4. The Hall–Kier alpha value is -4.91. The average molecular weight is 893 g/mol. The summed E-state index contributed by atoms with van der Waals surface area (Å²) in [4.78, 5) is 68.4. The number of benzene rings is 2. The molecule has 7 rings (SSSR count). The lowest BCUT2D eigenvalue weighted by atomic mass is 9.94. The highest BCUT2D eigenvalue weighted by Crippen LogP contribution is 2.38. The van der Waals surface area contributed by atoms with Gasteiger partial charge in [-0.3, -0.25) is 23.8 Å². The van der Waals surface area contributed by atoms with Crippen molar-refractivity contribution >= 4 is 66.1 Å². The molecule has 3 fully saturated rings. The van der Waals surface area contributed by atoms with Crippen LogP contribution in [0.25, 0.3) is 11.3 Å². The van der Waals surface area contributed by atoms with Gasteiger partial charge < -0.3 is 34.9 Å². The summed E-state index contributed by atoms with van der Waals surface area (Å²) in [5, 5.41) is 6.63. The highest BCUT2D eigenvalue weighted by atomic mass is 32.2. The third-order valence-corrected chi connectivity index (χ3v) is 13.3. The maximum atomic E-state index is 15.4. The van der Waals surface area contributed by atoms with Gasteiger partial charge in [-0.25, -0.2) is 23.1 Å². The molecule has 0 radical (unpaired) electrons. The van der Waals surface area contributed by atoms with E-state index in [1.807, 2.05) is 56.6 Å². The first-order valence-electron chi connectivity index (χ1n) is 21.8. The molecule has 3 aromatic rings. The van der Waals surface area contributed by atoms with Crippen molar-refractivity contribution in [2.45, 2.75) is 82.7 Å². The molecule has 18 heteroatoms. The standard InChI is InChI=1S/C43H52F3N9O4S.C2H7N/c1-5-54(26(2)3)38-18-28(17-35(45)40(38)47-4)39-36(46)21-48-43(50-39)49-29-10-14-53(15-11-29)60-31-23-51(24-31)22-27-8-12-52(13-9-27)37-20-33-32(19-34(37)44)41(58)55(42(33)59)30(25-57)7-6-16-56;1-3-2/h16-21,25-27,29-31H,4-15,22-24H2,1-3H3,(H,48,49,50);3H,1-2H3. The third kappa shape index (κ3) is 10.9. The second-order valence-corrected chi connectivity index (χ2v) is 18.1. The van der Waals surface area contributed by atoms with Gasteiger partial charge in [0.15, 0.2) is 11.6 Å². The summed E-state index contributed by atoms with van der Waals surface area (Å²) in [6.45, 7) is 16.1. The van der Waals surface area contributed by atoms with E-state index in [4.69, 9.17) is 0 Å². The van der Waals surface area contributed by atoms with E-state index in [0.717, 1.165) is 75.6 Å².